The number of aliphatic hydroxyl groups is 4. The minimum absolute atomic E-state index is 0. The summed E-state index contributed by atoms with van der Waals surface area (Å²) in [6.45, 7) is 48.7. The number of Topliss-reactive ketones (excluding diaryl/α,β-unsaturated/α-hetero) is 3. The summed E-state index contributed by atoms with van der Waals surface area (Å²) in [6.07, 6.45) is 9.74. The number of rotatable bonds is 15. The van der Waals surface area contributed by atoms with Gasteiger partial charge in [-0.15, -0.1) is 27.7 Å². The third-order valence-corrected chi connectivity index (χ3v) is 15.8. The molecule has 0 aliphatic heterocycles. The molecule has 6 aromatic rings. The number of nitrogens with zero attached hydrogens (tertiary/aromatic N) is 6. The molecular weight excluding hydrogens is 2150 g/mol. The molecule has 0 fully saturated rings. The number of carbonyl (C=O) groups is 4. The zero-order chi connectivity index (χ0) is 64.3. The summed E-state index contributed by atoms with van der Waals surface area (Å²) in [6, 6.07) is 27.1. The fraction of sp³-hybridized carbons (Fsp3) is 0.354. The number of halogens is 3. The van der Waals surface area contributed by atoms with Crippen LogP contribution in [-0.2, 0) is 372 Å². The number of hydrogen-bond acceptors (Lipinski definition) is 10. The SMILES string of the molecule is C[C@](O)(CBr)C(=O)O.Cc1[c-]cn[c-]c1C.[C-]#[N+]c1ccc(CC(=O)[C@@](C)(O)CBr)cc1C.[C-]#[N+]c1ccc(CC(=O)[C@@](C)(O)CBr)cc1C.[C-]#[N+]c1ccc(CC(=O)[C@@](C)(O)C[n+]2[c-]c(C)c(C)[c-]c2)cc1C.[C-]#[N+]c1ccc(N)cc1C.[Y].[Y].[Y].[Y].[Y].[Y].[Y].[Y].[Y].[Y]. The van der Waals surface area contributed by atoms with Crippen molar-refractivity contribution >= 4 is 99.5 Å². The normalized spacial score (nSPS) is 11.6. The number of aryl methyl sites for hydroxylation is 8. The molecule has 2 aromatic heterocycles. The number of alkyl halides is 3. The number of carbonyl (C=O) groups excluding carboxylic acids is 3. The molecule has 0 aliphatic carbocycles. The van der Waals surface area contributed by atoms with Crippen LogP contribution < -0.4 is 10.3 Å². The summed E-state index contributed by atoms with van der Waals surface area (Å²) < 4.78 is 1.66. The van der Waals surface area contributed by atoms with E-state index in [2.05, 4.69) is 96.7 Å². The second kappa shape index (κ2) is 60.8. The summed E-state index contributed by atoms with van der Waals surface area (Å²) in [5, 5.41) is 47.5. The topological polar surface area (TPSA) is 230 Å². The van der Waals surface area contributed by atoms with Crippen LogP contribution in [0.5, 0.6) is 0 Å². The fourth-order valence-corrected chi connectivity index (χ4v) is 7.43. The van der Waals surface area contributed by atoms with E-state index in [-0.39, 0.29) is 386 Å². The number of pyridine rings is 2. The summed E-state index contributed by atoms with van der Waals surface area (Å²) in [5.41, 5.74) is 12.9. The average molecular weight is 2220 g/mol. The molecule has 0 saturated carbocycles. The van der Waals surface area contributed by atoms with Gasteiger partial charge in [-0.3, -0.25) is 19.9 Å². The van der Waals surface area contributed by atoms with Gasteiger partial charge in [-0.1, -0.05) is 108 Å². The van der Waals surface area contributed by atoms with Gasteiger partial charge in [0.1, 0.15) is 11.2 Å². The zero-order valence-corrected chi connectivity index (χ0v) is 88.2. The molecule has 29 heteroatoms. The third-order valence-electron chi connectivity index (χ3n) is 12.6. The number of carboxylic acid groups (broad SMARTS) is 1. The van der Waals surface area contributed by atoms with E-state index >= 15 is 0 Å². The number of hydrogen-bond donors (Lipinski definition) is 6. The van der Waals surface area contributed by atoms with E-state index in [1.807, 2.05) is 73.6 Å². The Balaban J connectivity index is -0.000000115. The van der Waals surface area contributed by atoms with Crippen LogP contribution in [0.1, 0.15) is 88.9 Å². The second-order valence-corrected chi connectivity index (χ2v) is 22.2. The standard InChI is InChI=1S/C20H21N2O2.2C13H14BrNO2.C8H8N2.C7H7N.C4H7BrO3.10Y/c1-14-8-9-22(12-16(14)3)13-20(4,24)19(23)11-17-6-7-18(21-5)15(2)10-17;2*1-9-6-10(4-5-11(9)15-3)7-12(16)13(2,17)8-14;1-6-5-7(9)3-4-8(6)10-2;1-6-3-4-8-5-7(6)2;1-4(8,2-5)3(6)7;;;;;;;;;;/h6-7,9-10,24H,11,13H2,1-4H3;2*4-6,17H,7-8H2,1-2H3;3-5H,9H2,1H3;4H,1-2H3;8H,2H2,1H3,(H,6,7);;;;;;;;;;/q-1;;;;-2;;;;;;;;;;;/t20-;2*13-;;;4-;;;;;;;;;;/m000..0........../s1. The van der Waals surface area contributed by atoms with Gasteiger partial charge in [0, 0.05) is 374 Å². The smallest absolute Gasteiger partial charge is 0.336 e. The van der Waals surface area contributed by atoms with Crippen molar-refractivity contribution in [3.8, 4) is 0 Å². The van der Waals surface area contributed by atoms with Gasteiger partial charge in [0.25, 0.3) is 0 Å². The summed E-state index contributed by atoms with van der Waals surface area (Å²) in [7, 11) is 0. The van der Waals surface area contributed by atoms with Crippen molar-refractivity contribution in [3.05, 3.63) is 217 Å². The Morgan fingerprint density at radius 2 is 0.787 bits per heavy atom. The molecule has 0 amide bonds. The van der Waals surface area contributed by atoms with Gasteiger partial charge in [0.15, 0.2) is 57.8 Å². The molecule has 4 atom stereocenters. The van der Waals surface area contributed by atoms with Crippen LogP contribution in [0.15, 0.2) is 85.2 Å². The number of carboxylic acids is 1. The minimum Gasteiger partial charge on any atom is -0.479 e. The van der Waals surface area contributed by atoms with Crippen molar-refractivity contribution in [2.24, 2.45) is 0 Å². The van der Waals surface area contributed by atoms with Crippen LogP contribution in [0, 0.1) is 106 Å². The van der Waals surface area contributed by atoms with Crippen LogP contribution in [0.3, 0.4) is 0 Å². The van der Waals surface area contributed by atoms with Crippen molar-refractivity contribution in [2.75, 3.05) is 21.7 Å². The maximum Gasteiger partial charge on any atom is 0.336 e. The number of anilines is 1. The minimum atomic E-state index is -1.62. The van der Waals surface area contributed by atoms with Gasteiger partial charge >= 0.3 is 5.97 Å². The van der Waals surface area contributed by atoms with Gasteiger partial charge in [0.2, 0.25) is 0 Å². The van der Waals surface area contributed by atoms with E-state index in [0.29, 0.717) is 28.4 Å². The van der Waals surface area contributed by atoms with Crippen LogP contribution in [0.4, 0.5) is 28.4 Å². The molecule has 4 aromatic carbocycles. The van der Waals surface area contributed by atoms with Gasteiger partial charge in [-0.25, -0.2) is 29.7 Å². The summed E-state index contributed by atoms with van der Waals surface area (Å²) in [5.74, 6) is -1.94. The zero-order valence-electron chi connectivity index (χ0n) is 55.1. The number of benzene rings is 4. The molecule has 10 radical (unpaired) electrons. The van der Waals surface area contributed by atoms with Gasteiger partial charge in [0.05, 0.1) is 26.3 Å². The number of aromatic nitrogens is 2. The van der Waals surface area contributed by atoms with Crippen molar-refractivity contribution in [1.82, 2.24) is 4.98 Å². The fourth-order valence-electron chi connectivity index (χ4n) is 6.57. The van der Waals surface area contributed by atoms with Crippen molar-refractivity contribution < 1.29 is 376 Å². The Hall–Kier alpha value is 3.74. The third kappa shape index (κ3) is 45.3. The Morgan fingerprint density at radius 3 is 1.03 bits per heavy atom. The number of aliphatic carboxylic acids is 1. The molecule has 94 heavy (non-hydrogen) atoms. The Bertz CT molecular complexity index is 3360. The van der Waals surface area contributed by atoms with Crippen molar-refractivity contribution in [3.63, 3.8) is 0 Å². The van der Waals surface area contributed by atoms with Gasteiger partial charge < -0.3 is 64.1 Å². The predicted molar refractivity (Wildman–Crippen MR) is 337 cm³/mol. The Labute approximate surface area is 834 Å². The van der Waals surface area contributed by atoms with E-state index in [1.54, 1.807) is 71.6 Å². The molecule has 0 spiro atoms. The second-order valence-electron chi connectivity index (χ2n) is 20.5. The summed E-state index contributed by atoms with van der Waals surface area (Å²) >= 11 is 9.06. The quantitative estimate of drug-likeness (QED) is 0.0245. The Kier molecular flexibility index (Phi) is 76.9. The van der Waals surface area contributed by atoms with Crippen LogP contribution in [0.2, 0.25) is 0 Å². The monoisotopic (exact) mass is 2220 g/mol. The number of ketones is 3. The average Bonchev–Trinajstić information content (AvgIpc) is 0.888. The van der Waals surface area contributed by atoms with E-state index in [0.717, 1.165) is 61.2 Å². The molecule has 16 nitrogen and oxygen atoms in total. The van der Waals surface area contributed by atoms with Crippen molar-refractivity contribution in [2.45, 2.75) is 131 Å². The number of nitrogens with two attached hydrogens (primary N) is 1. The first-order chi connectivity index (χ1) is 39.1. The molecular formula is C65H71Br3N7O9Y10-3. The predicted octanol–water partition coefficient (Wildman–Crippen LogP) is 11.8. The maximum atomic E-state index is 12.5. The van der Waals surface area contributed by atoms with Crippen LogP contribution >= 0.6 is 47.8 Å². The van der Waals surface area contributed by atoms with E-state index in [1.165, 1.54) is 27.7 Å². The van der Waals surface area contributed by atoms with E-state index in [4.69, 9.17) is 42.2 Å². The molecule has 474 valence electrons. The summed E-state index contributed by atoms with van der Waals surface area (Å²) in [4.78, 5) is 63.3. The maximum absolute atomic E-state index is 12.5. The molecule has 6 rings (SSSR count). The first kappa shape index (κ1) is 119. The van der Waals surface area contributed by atoms with Crippen LogP contribution in [0.25, 0.3) is 19.4 Å². The first-order valence-electron chi connectivity index (χ1n) is 25.7. The molecule has 0 unspecified atom stereocenters. The molecule has 7 N–H and O–H groups in total. The van der Waals surface area contributed by atoms with Gasteiger partial charge in [-0.05, 0) is 113 Å². The molecule has 2 heterocycles. The van der Waals surface area contributed by atoms with Crippen LogP contribution in [-0.4, -0.2) is 92.2 Å². The molecule has 0 bridgehead atoms. The molecule has 0 saturated heterocycles. The van der Waals surface area contributed by atoms with E-state index < -0.39 is 28.4 Å². The largest absolute Gasteiger partial charge is 0.479 e. The molecule has 0 aliphatic rings. The Morgan fingerprint density at radius 1 is 0.479 bits per heavy atom. The van der Waals surface area contributed by atoms with Crippen molar-refractivity contribution in [1.29, 1.82) is 0 Å². The van der Waals surface area contributed by atoms with E-state index in [9.17, 15) is 34.5 Å². The number of nitrogen functional groups attached to an aromatic ring is 1. The van der Waals surface area contributed by atoms with Gasteiger partial charge in [-0.2, -0.15) is 12.4 Å². The first-order valence-corrected chi connectivity index (χ1v) is 29.0.